The first-order valence-corrected chi connectivity index (χ1v) is 7.68. The first-order valence-electron chi connectivity index (χ1n) is 6.89. The highest BCUT2D eigenvalue weighted by atomic mass is 79.9. The van der Waals surface area contributed by atoms with Crippen molar-refractivity contribution in [3.8, 4) is 0 Å². The van der Waals surface area contributed by atoms with Gasteiger partial charge >= 0.3 is 5.97 Å². The summed E-state index contributed by atoms with van der Waals surface area (Å²) in [6.45, 7) is 1.10. The first-order chi connectivity index (χ1) is 10.0. The monoisotopic (exact) mass is 356 g/mol. The van der Waals surface area contributed by atoms with Gasteiger partial charge in [-0.25, -0.2) is 0 Å². The number of rotatable bonds is 4. The lowest BCUT2D eigenvalue weighted by Gasteiger charge is -2.27. The van der Waals surface area contributed by atoms with Crippen molar-refractivity contribution in [3.05, 3.63) is 38.3 Å². The van der Waals surface area contributed by atoms with Gasteiger partial charge in [-0.1, -0.05) is 25.0 Å². The molecule has 1 fully saturated rings. The molecule has 0 aromatic heterocycles. The van der Waals surface area contributed by atoms with Gasteiger partial charge in [0.1, 0.15) is 6.04 Å². The molecule has 1 atom stereocenters. The van der Waals surface area contributed by atoms with E-state index in [1.807, 2.05) is 4.90 Å². The highest BCUT2D eigenvalue weighted by molar-refractivity contribution is 9.10. The van der Waals surface area contributed by atoms with Crippen LogP contribution in [0.5, 0.6) is 0 Å². The summed E-state index contributed by atoms with van der Waals surface area (Å²) in [5, 5.41) is 20.3. The quantitative estimate of drug-likeness (QED) is 0.661. The fourth-order valence-electron chi connectivity index (χ4n) is 2.68. The second-order valence-electron chi connectivity index (χ2n) is 5.18. The van der Waals surface area contributed by atoms with Crippen LogP contribution in [0.25, 0.3) is 0 Å². The second-order valence-corrected chi connectivity index (χ2v) is 5.97. The molecule has 0 radical (unpaired) electrons. The van der Waals surface area contributed by atoms with Crippen LogP contribution >= 0.6 is 15.9 Å². The maximum Gasteiger partial charge on any atom is 0.320 e. The molecule has 1 aromatic carbocycles. The Morgan fingerprint density at radius 1 is 1.43 bits per heavy atom. The lowest BCUT2D eigenvalue weighted by atomic mass is 10.1. The molecular weight excluding hydrogens is 340 g/mol. The third-order valence-corrected chi connectivity index (χ3v) is 4.69. The van der Waals surface area contributed by atoms with Gasteiger partial charge in [0.15, 0.2) is 0 Å². The van der Waals surface area contributed by atoms with Crippen LogP contribution < -0.4 is 0 Å². The summed E-state index contributed by atoms with van der Waals surface area (Å²) in [5.74, 6) is -0.821. The number of hydrogen-bond donors (Lipinski definition) is 1. The Bertz CT molecular complexity index is 550. The topological polar surface area (TPSA) is 83.7 Å². The highest BCUT2D eigenvalue weighted by Gasteiger charge is 2.28. The van der Waals surface area contributed by atoms with E-state index in [-0.39, 0.29) is 5.69 Å². The minimum Gasteiger partial charge on any atom is -0.480 e. The van der Waals surface area contributed by atoms with E-state index in [1.165, 1.54) is 6.07 Å². The number of carbonyl (C=O) groups is 1. The van der Waals surface area contributed by atoms with Gasteiger partial charge in [0.05, 0.1) is 9.40 Å². The lowest BCUT2D eigenvalue weighted by Crippen LogP contribution is -2.40. The van der Waals surface area contributed by atoms with Gasteiger partial charge in [-0.15, -0.1) is 0 Å². The largest absolute Gasteiger partial charge is 0.480 e. The summed E-state index contributed by atoms with van der Waals surface area (Å²) in [6, 6.07) is 4.34. The SMILES string of the molecule is O=C(O)C1CCCCCN1Cc1cccc([N+](=O)[O-])c1Br. The third-order valence-electron chi connectivity index (χ3n) is 3.78. The number of carboxylic acid groups (broad SMARTS) is 1. The van der Waals surface area contributed by atoms with Crippen molar-refractivity contribution < 1.29 is 14.8 Å². The average molecular weight is 357 g/mol. The number of nitro groups is 1. The number of hydrogen-bond acceptors (Lipinski definition) is 4. The van der Waals surface area contributed by atoms with E-state index in [2.05, 4.69) is 15.9 Å². The number of halogens is 1. The van der Waals surface area contributed by atoms with Crippen LogP contribution in [-0.2, 0) is 11.3 Å². The molecule has 1 heterocycles. The summed E-state index contributed by atoms with van der Waals surface area (Å²) in [5.41, 5.74) is 0.756. The normalized spacial score (nSPS) is 20.0. The fourth-order valence-corrected chi connectivity index (χ4v) is 3.22. The zero-order chi connectivity index (χ0) is 15.4. The average Bonchev–Trinajstić information content (AvgIpc) is 2.66. The molecule has 6 nitrogen and oxygen atoms in total. The van der Waals surface area contributed by atoms with Gasteiger partial charge in [0, 0.05) is 12.6 Å². The molecule has 0 amide bonds. The molecule has 1 aliphatic rings. The number of nitrogens with zero attached hydrogens (tertiary/aromatic N) is 2. The van der Waals surface area contributed by atoms with E-state index >= 15 is 0 Å². The molecular formula is C14H17BrN2O4. The Morgan fingerprint density at radius 2 is 2.19 bits per heavy atom. The summed E-state index contributed by atoms with van der Waals surface area (Å²) >= 11 is 3.27. The van der Waals surface area contributed by atoms with E-state index in [0.717, 1.165) is 24.8 Å². The van der Waals surface area contributed by atoms with Crippen molar-refractivity contribution in [1.82, 2.24) is 4.90 Å². The Labute approximate surface area is 131 Å². The smallest absolute Gasteiger partial charge is 0.320 e. The van der Waals surface area contributed by atoms with E-state index in [0.29, 0.717) is 24.0 Å². The zero-order valence-electron chi connectivity index (χ0n) is 11.5. The molecule has 0 bridgehead atoms. The van der Waals surface area contributed by atoms with E-state index in [1.54, 1.807) is 12.1 Å². The Hall–Kier alpha value is -1.47. The maximum absolute atomic E-state index is 11.4. The van der Waals surface area contributed by atoms with Gasteiger partial charge in [0.25, 0.3) is 5.69 Å². The lowest BCUT2D eigenvalue weighted by molar-refractivity contribution is -0.385. The minimum absolute atomic E-state index is 0.00852. The molecule has 0 saturated carbocycles. The van der Waals surface area contributed by atoms with Crippen LogP contribution in [0, 0.1) is 10.1 Å². The van der Waals surface area contributed by atoms with Crippen molar-refractivity contribution in [2.75, 3.05) is 6.54 Å². The standard InChI is InChI=1S/C14H17BrN2O4/c15-13-10(5-4-7-11(13)17(20)21)9-16-8-3-1-2-6-12(16)14(18)19/h4-5,7,12H,1-3,6,8-9H2,(H,18,19). The van der Waals surface area contributed by atoms with E-state index in [4.69, 9.17) is 0 Å². The summed E-state index contributed by atoms with van der Waals surface area (Å²) in [6.07, 6.45) is 3.51. The zero-order valence-corrected chi connectivity index (χ0v) is 13.1. The first kappa shape index (κ1) is 15.9. The van der Waals surface area contributed by atoms with Crippen LogP contribution in [0.2, 0.25) is 0 Å². The van der Waals surface area contributed by atoms with Crippen LogP contribution in [0.3, 0.4) is 0 Å². The predicted octanol–water partition coefficient (Wildman–Crippen LogP) is 3.19. The molecule has 114 valence electrons. The van der Waals surface area contributed by atoms with Gasteiger partial charge < -0.3 is 5.11 Å². The molecule has 0 aliphatic carbocycles. The van der Waals surface area contributed by atoms with Crippen LogP contribution in [0.4, 0.5) is 5.69 Å². The molecule has 1 unspecified atom stereocenters. The minimum atomic E-state index is -0.821. The maximum atomic E-state index is 11.4. The van der Waals surface area contributed by atoms with Gasteiger partial charge in [-0.3, -0.25) is 19.8 Å². The fraction of sp³-hybridized carbons (Fsp3) is 0.500. The van der Waals surface area contributed by atoms with Crippen LogP contribution in [0.1, 0.15) is 31.2 Å². The number of carboxylic acids is 1. The van der Waals surface area contributed by atoms with Crippen molar-refractivity contribution in [2.24, 2.45) is 0 Å². The Morgan fingerprint density at radius 3 is 2.86 bits per heavy atom. The molecule has 0 spiro atoms. The molecule has 1 saturated heterocycles. The van der Waals surface area contributed by atoms with Crippen LogP contribution in [0.15, 0.2) is 22.7 Å². The van der Waals surface area contributed by atoms with Gasteiger partial charge in [0.2, 0.25) is 0 Å². The Balaban J connectivity index is 2.24. The number of benzene rings is 1. The third kappa shape index (κ3) is 3.79. The van der Waals surface area contributed by atoms with Crippen molar-refractivity contribution >= 4 is 27.6 Å². The second kappa shape index (κ2) is 7.00. The van der Waals surface area contributed by atoms with Crippen molar-refractivity contribution in [3.63, 3.8) is 0 Å². The Kier molecular flexibility index (Phi) is 5.30. The molecule has 1 N–H and O–H groups in total. The number of aliphatic carboxylic acids is 1. The van der Waals surface area contributed by atoms with Crippen molar-refractivity contribution in [1.29, 1.82) is 0 Å². The van der Waals surface area contributed by atoms with Gasteiger partial charge in [-0.2, -0.15) is 0 Å². The summed E-state index contributed by atoms with van der Waals surface area (Å²) in [7, 11) is 0. The molecule has 1 aromatic rings. The molecule has 7 heteroatoms. The highest BCUT2D eigenvalue weighted by Crippen LogP contribution is 2.30. The molecule has 1 aliphatic heterocycles. The van der Waals surface area contributed by atoms with Crippen LogP contribution in [-0.4, -0.2) is 33.5 Å². The molecule has 2 rings (SSSR count). The number of likely N-dealkylation sites (tertiary alicyclic amines) is 1. The molecule has 21 heavy (non-hydrogen) atoms. The summed E-state index contributed by atoms with van der Waals surface area (Å²) < 4.78 is 0.434. The number of nitro benzene ring substituents is 1. The van der Waals surface area contributed by atoms with Gasteiger partial charge in [-0.05, 0) is 40.9 Å². The summed E-state index contributed by atoms with van der Waals surface area (Å²) in [4.78, 5) is 23.8. The van der Waals surface area contributed by atoms with E-state index in [9.17, 15) is 20.0 Å². The predicted molar refractivity (Wildman–Crippen MR) is 81.1 cm³/mol. The van der Waals surface area contributed by atoms with Crippen molar-refractivity contribution in [2.45, 2.75) is 38.3 Å². The van der Waals surface area contributed by atoms with E-state index < -0.39 is 16.9 Å².